The van der Waals surface area contributed by atoms with Gasteiger partial charge in [-0.1, -0.05) is 0 Å². The third-order valence-electron chi connectivity index (χ3n) is 1.38. The highest BCUT2D eigenvalue weighted by Gasteiger charge is 2.03. The molecule has 2 N–H and O–H groups in total. The van der Waals surface area contributed by atoms with Crippen LogP contribution in [0.2, 0.25) is 0 Å². The number of anilines is 1. The Balaban J connectivity index is 2.95. The number of aromatic nitrogens is 1. The topological polar surface area (TPSA) is 48.1 Å². The van der Waals surface area contributed by atoms with Gasteiger partial charge in [0.1, 0.15) is 5.75 Å². The lowest BCUT2D eigenvalue weighted by atomic mass is 10.3. The minimum Gasteiger partial charge on any atom is -0.492 e. The zero-order valence-electron chi connectivity index (χ0n) is 6.88. The number of alkyl halides is 1. The highest BCUT2D eigenvalue weighted by atomic mass is 35.5. The Morgan fingerprint density at radius 2 is 2.42 bits per heavy atom. The number of hydrogen-bond acceptors (Lipinski definition) is 3. The molecule has 0 unspecified atom stereocenters. The maximum absolute atomic E-state index is 5.64. The molecule has 0 amide bonds. The molecule has 0 saturated carbocycles. The molecule has 3 nitrogen and oxygen atoms in total. The molecule has 0 aromatic carbocycles. The fraction of sp³-hybridized carbons (Fsp3) is 0.375. The van der Waals surface area contributed by atoms with E-state index in [4.69, 9.17) is 22.1 Å². The summed E-state index contributed by atoms with van der Waals surface area (Å²) in [6.45, 7) is 2.50. The molecule has 66 valence electrons. The Kier molecular flexibility index (Phi) is 3.17. The first kappa shape index (κ1) is 9.13. The summed E-state index contributed by atoms with van der Waals surface area (Å²) in [7, 11) is 0. The van der Waals surface area contributed by atoms with E-state index in [2.05, 4.69) is 4.98 Å². The van der Waals surface area contributed by atoms with Crippen LogP contribution in [-0.4, -0.2) is 11.6 Å². The van der Waals surface area contributed by atoms with E-state index >= 15 is 0 Å². The molecule has 0 radical (unpaired) electrons. The zero-order valence-corrected chi connectivity index (χ0v) is 7.64. The van der Waals surface area contributed by atoms with Gasteiger partial charge < -0.3 is 10.5 Å². The van der Waals surface area contributed by atoms with E-state index in [1.165, 1.54) is 0 Å². The van der Waals surface area contributed by atoms with Crippen LogP contribution in [0.4, 0.5) is 5.69 Å². The third-order valence-corrected chi connectivity index (χ3v) is 1.63. The molecule has 0 aliphatic carbocycles. The van der Waals surface area contributed by atoms with Crippen molar-refractivity contribution in [1.82, 2.24) is 4.98 Å². The molecule has 1 aromatic rings. The monoisotopic (exact) mass is 186 g/mol. The molecule has 0 aliphatic heterocycles. The number of rotatable bonds is 3. The molecule has 1 aromatic heterocycles. The lowest BCUT2D eigenvalue weighted by Crippen LogP contribution is -1.99. The van der Waals surface area contributed by atoms with E-state index in [-0.39, 0.29) is 0 Å². The number of hydrogen-bond donors (Lipinski definition) is 1. The second-order valence-electron chi connectivity index (χ2n) is 2.28. The van der Waals surface area contributed by atoms with Gasteiger partial charge in [-0.3, -0.25) is 4.98 Å². The molecule has 1 heterocycles. The first-order valence-corrected chi connectivity index (χ1v) is 4.24. The van der Waals surface area contributed by atoms with Crippen molar-refractivity contribution < 1.29 is 4.74 Å². The summed E-state index contributed by atoms with van der Waals surface area (Å²) in [5.41, 5.74) is 6.85. The minimum absolute atomic E-state index is 0.343. The Morgan fingerprint density at radius 3 is 3.00 bits per heavy atom. The van der Waals surface area contributed by atoms with Crippen molar-refractivity contribution in [3.63, 3.8) is 0 Å². The summed E-state index contributed by atoms with van der Waals surface area (Å²) >= 11 is 5.64. The fourth-order valence-corrected chi connectivity index (χ4v) is 1.07. The van der Waals surface area contributed by atoms with E-state index in [0.717, 1.165) is 5.69 Å². The lowest BCUT2D eigenvalue weighted by Gasteiger charge is -2.07. The Hall–Kier alpha value is -0.960. The van der Waals surface area contributed by atoms with Gasteiger partial charge in [-0.25, -0.2) is 0 Å². The number of nitrogens with zero attached hydrogens (tertiary/aromatic N) is 1. The number of nitrogens with two attached hydrogens (primary N) is 1. The molecule has 0 atom stereocenters. The lowest BCUT2D eigenvalue weighted by molar-refractivity contribution is 0.336. The summed E-state index contributed by atoms with van der Waals surface area (Å²) in [5, 5.41) is 0. The van der Waals surface area contributed by atoms with E-state index < -0.39 is 0 Å². The quantitative estimate of drug-likeness (QED) is 0.733. The normalized spacial score (nSPS) is 9.83. The molecule has 0 saturated heterocycles. The molecule has 0 fully saturated rings. The summed E-state index contributed by atoms with van der Waals surface area (Å²) in [6, 6.07) is 1.73. The van der Waals surface area contributed by atoms with Crippen LogP contribution in [0.15, 0.2) is 12.3 Å². The summed E-state index contributed by atoms with van der Waals surface area (Å²) < 4.78 is 5.28. The van der Waals surface area contributed by atoms with Crippen LogP contribution in [0, 0.1) is 0 Å². The zero-order chi connectivity index (χ0) is 8.97. The highest BCUT2D eigenvalue weighted by Crippen LogP contribution is 2.20. The minimum atomic E-state index is 0.343. The summed E-state index contributed by atoms with van der Waals surface area (Å²) in [4.78, 5) is 4.03. The van der Waals surface area contributed by atoms with Gasteiger partial charge in [0, 0.05) is 6.07 Å². The summed E-state index contributed by atoms with van der Waals surface area (Å²) in [6.07, 6.45) is 1.57. The number of nitrogen functional groups attached to an aromatic ring is 1. The number of halogens is 1. The second kappa shape index (κ2) is 4.16. The molecule has 12 heavy (non-hydrogen) atoms. The van der Waals surface area contributed by atoms with Crippen LogP contribution in [-0.2, 0) is 5.88 Å². The van der Waals surface area contributed by atoms with Crippen molar-refractivity contribution in [2.45, 2.75) is 12.8 Å². The average Bonchev–Trinajstić information content (AvgIpc) is 2.05. The number of pyridine rings is 1. The molecular formula is C8H11ClN2O. The predicted molar refractivity (Wildman–Crippen MR) is 49.4 cm³/mol. The smallest absolute Gasteiger partial charge is 0.144 e. The van der Waals surface area contributed by atoms with Crippen LogP contribution in [0.1, 0.15) is 12.6 Å². The van der Waals surface area contributed by atoms with Crippen LogP contribution in [0.5, 0.6) is 5.75 Å². The van der Waals surface area contributed by atoms with Crippen LogP contribution in [0.3, 0.4) is 0 Å². The van der Waals surface area contributed by atoms with E-state index in [1.807, 2.05) is 6.92 Å². The van der Waals surface area contributed by atoms with Gasteiger partial charge in [-0.2, -0.15) is 0 Å². The summed E-state index contributed by atoms with van der Waals surface area (Å²) in [5.74, 6) is 1.02. The van der Waals surface area contributed by atoms with Crippen molar-refractivity contribution in [1.29, 1.82) is 0 Å². The van der Waals surface area contributed by atoms with Gasteiger partial charge in [0.05, 0.1) is 30.1 Å². The fourth-order valence-electron chi connectivity index (χ4n) is 0.869. The number of ether oxygens (including phenoxy) is 1. The van der Waals surface area contributed by atoms with Gasteiger partial charge in [-0.05, 0) is 6.92 Å². The first-order valence-electron chi connectivity index (χ1n) is 3.71. The predicted octanol–water partition coefficient (Wildman–Crippen LogP) is 1.80. The SMILES string of the molecule is CCOc1cc(N)cnc1CCl. The van der Waals surface area contributed by atoms with Crippen LogP contribution >= 0.6 is 11.6 Å². The van der Waals surface area contributed by atoms with Crippen LogP contribution < -0.4 is 10.5 Å². The van der Waals surface area contributed by atoms with Crippen molar-refractivity contribution in [2.75, 3.05) is 12.3 Å². The molecule has 4 heteroatoms. The van der Waals surface area contributed by atoms with Crippen LogP contribution in [0.25, 0.3) is 0 Å². The molecular weight excluding hydrogens is 176 g/mol. The van der Waals surface area contributed by atoms with Gasteiger partial charge in [0.2, 0.25) is 0 Å². The Bertz CT molecular complexity index is 265. The van der Waals surface area contributed by atoms with E-state index in [1.54, 1.807) is 12.3 Å². The molecule has 0 spiro atoms. The van der Waals surface area contributed by atoms with E-state index in [9.17, 15) is 0 Å². The average molecular weight is 187 g/mol. The molecule has 1 rings (SSSR count). The first-order chi connectivity index (χ1) is 5.77. The largest absolute Gasteiger partial charge is 0.492 e. The van der Waals surface area contributed by atoms with Crippen molar-refractivity contribution >= 4 is 17.3 Å². The van der Waals surface area contributed by atoms with Gasteiger partial charge >= 0.3 is 0 Å². The second-order valence-corrected chi connectivity index (χ2v) is 2.55. The Morgan fingerprint density at radius 1 is 1.67 bits per heavy atom. The third kappa shape index (κ3) is 2.01. The van der Waals surface area contributed by atoms with Gasteiger partial charge in [-0.15, -0.1) is 11.6 Å². The highest BCUT2D eigenvalue weighted by molar-refractivity contribution is 6.17. The van der Waals surface area contributed by atoms with Crippen molar-refractivity contribution in [3.05, 3.63) is 18.0 Å². The van der Waals surface area contributed by atoms with Gasteiger partial charge in [0.15, 0.2) is 0 Å². The standard InChI is InChI=1S/C8H11ClN2O/c1-2-12-8-3-6(10)5-11-7(8)4-9/h3,5H,2,4,10H2,1H3. The maximum Gasteiger partial charge on any atom is 0.144 e. The van der Waals surface area contributed by atoms with Crippen molar-refractivity contribution in [3.8, 4) is 5.75 Å². The molecule has 0 bridgehead atoms. The molecule has 0 aliphatic rings. The maximum atomic E-state index is 5.64. The van der Waals surface area contributed by atoms with E-state index in [0.29, 0.717) is 23.9 Å². The van der Waals surface area contributed by atoms with Crippen molar-refractivity contribution in [2.24, 2.45) is 0 Å². The van der Waals surface area contributed by atoms with Gasteiger partial charge in [0.25, 0.3) is 0 Å². The Labute approximate surface area is 76.5 Å².